The van der Waals surface area contributed by atoms with Gasteiger partial charge < -0.3 is 19.5 Å². The molecule has 9 nitrogen and oxygen atoms in total. The number of rotatable bonds is 7. The van der Waals surface area contributed by atoms with Gasteiger partial charge in [0.2, 0.25) is 10.0 Å². The molecule has 0 radical (unpaired) electrons. The molecule has 0 unspecified atom stereocenters. The van der Waals surface area contributed by atoms with E-state index in [-0.39, 0.29) is 4.90 Å². The summed E-state index contributed by atoms with van der Waals surface area (Å²) in [5.74, 6) is -1.05. The molecular weight excluding hydrogens is 484 g/mol. The number of carbonyl (C=O) groups is 2. The van der Waals surface area contributed by atoms with Gasteiger partial charge >= 0.3 is 12.1 Å². The van der Waals surface area contributed by atoms with Gasteiger partial charge in [-0.3, -0.25) is 4.79 Å². The zero-order valence-corrected chi connectivity index (χ0v) is 22.1. The Labute approximate surface area is 212 Å². The van der Waals surface area contributed by atoms with E-state index in [4.69, 9.17) is 9.47 Å². The average molecular weight is 519 g/mol. The van der Waals surface area contributed by atoms with Crippen LogP contribution in [0.5, 0.6) is 5.75 Å². The number of amides is 1. The van der Waals surface area contributed by atoms with Crippen LogP contribution in [-0.4, -0.2) is 73.7 Å². The van der Waals surface area contributed by atoms with Crippen LogP contribution in [0.2, 0.25) is 0 Å². The first-order valence-electron chi connectivity index (χ1n) is 11.8. The summed E-state index contributed by atoms with van der Waals surface area (Å²) in [6.07, 6.45) is 0.231. The van der Waals surface area contributed by atoms with E-state index in [9.17, 15) is 23.1 Å². The summed E-state index contributed by atoms with van der Waals surface area (Å²) >= 11 is 0. The molecule has 196 valence electrons. The van der Waals surface area contributed by atoms with Crippen molar-refractivity contribution in [3.8, 4) is 16.9 Å². The van der Waals surface area contributed by atoms with Crippen molar-refractivity contribution in [2.45, 2.75) is 50.2 Å². The molecule has 1 saturated heterocycles. The van der Waals surface area contributed by atoms with Gasteiger partial charge in [-0.2, -0.15) is 4.31 Å². The minimum atomic E-state index is -4.16. The van der Waals surface area contributed by atoms with Gasteiger partial charge in [0, 0.05) is 25.7 Å². The third-order valence-electron chi connectivity index (χ3n) is 6.23. The quantitative estimate of drug-likeness (QED) is 0.587. The maximum Gasteiger partial charge on any atom is 0.410 e. The van der Waals surface area contributed by atoms with Crippen LogP contribution in [0, 0.1) is 5.92 Å². The second kappa shape index (κ2) is 10.9. The minimum Gasteiger partial charge on any atom is -0.497 e. The molecule has 0 aliphatic carbocycles. The van der Waals surface area contributed by atoms with Crippen molar-refractivity contribution in [1.82, 2.24) is 9.21 Å². The SMILES string of the molecule is COc1ccc(-c2ccccc2S(=O)(=O)N(C)[C@@H](C(=O)O)C2CCN(C(=O)OC(C)(C)C)CC2)cc1. The maximum absolute atomic E-state index is 13.7. The number of carboxylic acids is 1. The smallest absolute Gasteiger partial charge is 0.410 e. The van der Waals surface area contributed by atoms with Gasteiger partial charge in [0.05, 0.1) is 12.0 Å². The van der Waals surface area contributed by atoms with Crippen LogP contribution in [-0.2, 0) is 19.6 Å². The van der Waals surface area contributed by atoms with Gasteiger partial charge in [-0.15, -0.1) is 0 Å². The monoisotopic (exact) mass is 518 g/mol. The van der Waals surface area contributed by atoms with Gasteiger partial charge in [0.15, 0.2) is 0 Å². The van der Waals surface area contributed by atoms with Crippen molar-refractivity contribution in [2.75, 3.05) is 27.2 Å². The molecular formula is C26H34N2O7S. The minimum absolute atomic E-state index is 0.0232. The predicted molar refractivity (Wildman–Crippen MR) is 135 cm³/mol. The molecule has 1 heterocycles. The molecule has 2 aromatic rings. The zero-order chi connectivity index (χ0) is 26.7. The number of piperidine rings is 1. The maximum atomic E-state index is 13.7. The van der Waals surface area contributed by atoms with E-state index in [0.717, 1.165) is 4.31 Å². The Hall–Kier alpha value is -3.11. The summed E-state index contributed by atoms with van der Waals surface area (Å²) in [5.41, 5.74) is 0.500. The summed E-state index contributed by atoms with van der Waals surface area (Å²) < 4.78 is 39.0. The van der Waals surface area contributed by atoms with Crippen molar-refractivity contribution in [3.05, 3.63) is 48.5 Å². The fourth-order valence-corrected chi connectivity index (χ4v) is 5.97. The van der Waals surface area contributed by atoms with E-state index < -0.39 is 39.6 Å². The second-order valence-corrected chi connectivity index (χ2v) is 11.8. The molecule has 3 rings (SSSR count). The van der Waals surface area contributed by atoms with Crippen LogP contribution in [0.1, 0.15) is 33.6 Å². The predicted octanol–water partition coefficient (Wildman–Crippen LogP) is 4.08. The molecule has 10 heteroatoms. The van der Waals surface area contributed by atoms with E-state index in [0.29, 0.717) is 42.8 Å². The molecule has 1 aliphatic heterocycles. The van der Waals surface area contributed by atoms with Crippen LogP contribution in [0.3, 0.4) is 0 Å². The number of methoxy groups -OCH3 is 1. The largest absolute Gasteiger partial charge is 0.497 e. The van der Waals surface area contributed by atoms with Crippen LogP contribution in [0.15, 0.2) is 53.4 Å². The molecule has 1 amide bonds. The fraction of sp³-hybridized carbons (Fsp3) is 0.462. The number of ether oxygens (including phenoxy) is 2. The number of aliphatic carboxylic acids is 1. The summed E-state index contributed by atoms with van der Waals surface area (Å²) in [7, 11) is -1.31. The average Bonchev–Trinajstić information content (AvgIpc) is 2.83. The summed E-state index contributed by atoms with van der Waals surface area (Å²) in [4.78, 5) is 26.3. The summed E-state index contributed by atoms with van der Waals surface area (Å²) in [5, 5.41) is 10.1. The highest BCUT2D eigenvalue weighted by Gasteiger charge is 2.41. The van der Waals surface area contributed by atoms with Gasteiger partial charge in [0.25, 0.3) is 0 Å². The van der Waals surface area contributed by atoms with E-state index in [1.54, 1.807) is 70.3 Å². The number of likely N-dealkylation sites (tertiary alicyclic amines) is 1. The Kier molecular flexibility index (Phi) is 8.30. The van der Waals surface area contributed by atoms with Crippen LogP contribution >= 0.6 is 0 Å². The normalized spacial score (nSPS) is 16.0. The molecule has 36 heavy (non-hydrogen) atoms. The molecule has 0 spiro atoms. The van der Waals surface area contributed by atoms with Crippen molar-refractivity contribution in [1.29, 1.82) is 0 Å². The molecule has 1 N–H and O–H groups in total. The number of nitrogens with zero attached hydrogens (tertiary/aromatic N) is 2. The van der Waals surface area contributed by atoms with Gasteiger partial charge in [-0.05, 0) is 63.3 Å². The van der Waals surface area contributed by atoms with Crippen LogP contribution < -0.4 is 4.74 Å². The lowest BCUT2D eigenvalue weighted by molar-refractivity contribution is -0.143. The first-order chi connectivity index (χ1) is 16.8. The third kappa shape index (κ3) is 6.17. The van der Waals surface area contributed by atoms with Crippen LogP contribution in [0.25, 0.3) is 11.1 Å². The standard InChI is InChI=1S/C26H34N2O7S/c1-26(2,3)35-25(31)28-16-14-19(15-17-28)23(24(29)30)27(4)36(32,33)22-9-7-6-8-21(22)18-10-12-20(34-5)13-11-18/h6-13,19,23H,14-17H2,1-5H3,(H,29,30)/t23-/m1/s1. The lowest BCUT2D eigenvalue weighted by atomic mass is 9.89. The first kappa shape index (κ1) is 27.5. The molecule has 1 atom stereocenters. The Morgan fingerprint density at radius 2 is 1.64 bits per heavy atom. The molecule has 1 aliphatic rings. The summed E-state index contributed by atoms with van der Waals surface area (Å²) in [6.45, 7) is 5.92. The molecule has 1 fully saturated rings. The number of sulfonamides is 1. The second-order valence-electron chi connectivity index (χ2n) is 9.83. The molecule has 0 bridgehead atoms. The van der Waals surface area contributed by atoms with Crippen molar-refractivity contribution in [2.24, 2.45) is 5.92 Å². The van der Waals surface area contributed by atoms with Crippen LogP contribution in [0.4, 0.5) is 4.79 Å². The highest BCUT2D eigenvalue weighted by molar-refractivity contribution is 7.89. The topological polar surface area (TPSA) is 113 Å². The fourth-order valence-electron chi connectivity index (χ4n) is 4.38. The van der Waals surface area contributed by atoms with Gasteiger partial charge in [-0.1, -0.05) is 30.3 Å². The van der Waals surface area contributed by atoms with E-state index in [1.807, 2.05) is 0 Å². The highest BCUT2D eigenvalue weighted by Crippen LogP contribution is 2.33. The van der Waals surface area contributed by atoms with E-state index in [2.05, 4.69) is 0 Å². The van der Waals surface area contributed by atoms with Crippen molar-refractivity contribution >= 4 is 22.1 Å². The third-order valence-corrected chi connectivity index (χ3v) is 8.12. The number of hydrogen-bond acceptors (Lipinski definition) is 6. The first-order valence-corrected chi connectivity index (χ1v) is 13.2. The number of benzene rings is 2. The zero-order valence-electron chi connectivity index (χ0n) is 21.3. The van der Waals surface area contributed by atoms with Gasteiger partial charge in [-0.25, -0.2) is 13.2 Å². The number of carbonyl (C=O) groups excluding carboxylic acids is 1. The Morgan fingerprint density at radius 1 is 1.06 bits per heavy atom. The number of carboxylic acid groups (broad SMARTS) is 1. The molecule has 0 aromatic heterocycles. The summed E-state index contributed by atoms with van der Waals surface area (Å²) in [6, 6.07) is 12.2. The van der Waals surface area contributed by atoms with Gasteiger partial charge in [0.1, 0.15) is 17.4 Å². The molecule has 2 aromatic carbocycles. The number of likely N-dealkylation sites (N-methyl/N-ethyl adjacent to an activating group) is 1. The lowest BCUT2D eigenvalue weighted by Gasteiger charge is -2.37. The Bertz CT molecular complexity index is 1180. The van der Waals surface area contributed by atoms with E-state index >= 15 is 0 Å². The van der Waals surface area contributed by atoms with Crippen molar-refractivity contribution < 1.29 is 32.6 Å². The molecule has 0 saturated carbocycles. The Morgan fingerprint density at radius 3 is 2.17 bits per heavy atom. The Balaban J connectivity index is 1.84. The van der Waals surface area contributed by atoms with Crippen molar-refractivity contribution in [3.63, 3.8) is 0 Å². The highest BCUT2D eigenvalue weighted by atomic mass is 32.2. The van der Waals surface area contributed by atoms with E-state index in [1.165, 1.54) is 18.0 Å². The number of hydrogen-bond donors (Lipinski definition) is 1. The lowest BCUT2D eigenvalue weighted by Crippen LogP contribution is -2.51.